The minimum absolute atomic E-state index is 0. The number of carbonyl (C=O) groups is 2. The van der Waals surface area contributed by atoms with Crippen LogP contribution in [0.5, 0.6) is 11.5 Å². The van der Waals surface area contributed by atoms with E-state index in [0.717, 1.165) is 25.0 Å². The van der Waals surface area contributed by atoms with E-state index < -0.39 is 68.7 Å². The van der Waals surface area contributed by atoms with E-state index in [-0.39, 0.29) is 53.6 Å². The highest BCUT2D eigenvalue weighted by atomic mass is 35.5. The van der Waals surface area contributed by atoms with Crippen molar-refractivity contribution in [2.75, 3.05) is 6.61 Å². The zero-order valence-electron chi connectivity index (χ0n) is 23.6. The van der Waals surface area contributed by atoms with Crippen molar-refractivity contribution < 1.29 is 49.5 Å². The normalized spacial score (nSPS) is 16.0. The maximum Gasteiger partial charge on any atom is 0.387 e. The molecule has 1 heterocycles. The van der Waals surface area contributed by atoms with E-state index in [1.807, 2.05) is 4.72 Å². The molecule has 0 bridgehead atoms. The molecule has 0 aliphatic heterocycles. The van der Waals surface area contributed by atoms with Crippen molar-refractivity contribution in [3.63, 3.8) is 0 Å². The van der Waals surface area contributed by atoms with Crippen LogP contribution < -0.4 is 25.2 Å². The average molecular weight is 677 g/mol. The minimum atomic E-state index is -4.11. The molecule has 1 aromatic heterocycles. The van der Waals surface area contributed by atoms with Crippen molar-refractivity contribution in [2.24, 2.45) is 11.7 Å². The van der Waals surface area contributed by atoms with Crippen LogP contribution >= 0.6 is 12.4 Å². The predicted molar refractivity (Wildman–Crippen MR) is 153 cm³/mol. The molecule has 0 spiro atoms. The molecule has 2 aliphatic carbocycles. The molecule has 2 aromatic carbocycles. The summed E-state index contributed by atoms with van der Waals surface area (Å²) in [5.41, 5.74) is 5.27. The number of nitrogens with one attached hydrogen (secondary N) is 2. The van der Waals surface area contributed by atoms with Gasteiger partial charge >= 0.3 is 6.61 Å². The van der Waals surface area contributed by atoms with Gasteiger partial charge in [0.05, 0.1) is 17.9 Å². The van der Waals surface area contributed by atoms with E-state index in [0.29, 0.717) is 18.9 Å². The summed E-state index contributed by atoms with van der Waals surface area (Å²) in [7, 11) is -4.11. The van der Waals surface area contributed by atoms with Gasteiger partial charge < -0.3 is 24.9 Å². The van der Waals surface area contributed by atoms with Crippen molar-refractivity contribution in [3.05, 3.63) is 65.1 Å². The zero-order valence-corrected chi connectivity index (χ0v) is 25.2. The van der Waals surface area contributed by atoms with E-state index in [9.17, 15) is 35.6 Å². The molecule has 2 atom stereocenters. The average Bonchev–Trinajstić information content (AvgIpc) is 3.88. The second kappa shape index (κ2) is 13.6. The molecule has 4 N–H and O–H groups in total. The molecule has 11 nitrogen and oxygen atoms in total. The Kier molecular flexibility index (Phi) is 10.3. The summed E-state index contributed by atoms with van der Waals surface area (Å²) in [6.07, 6.45) is 2.53. The summed E-state index contributed by atoms with van der Waals surface area (Å²) in [6, 6.07) is 3.25. The molecule has 17 heteroatoms. The molecule has 244 valence electrons. The second-order valence-corrected chi connectivity index (χ2v) is 12.6. The highest BCUT2D eigenvalue weighted by Crippen LogP contribution is 2.37. The number of benzene rings is 2. The van der Waals surface area contributed by atoms with Crippen LogP contribution in [-0.4, -0.2) is 43.7 Å². The molecule has 0 saturated heterocycles. The van der Waals surface area contributed by atoms with Gasteiger partial charge in [-0.25, -0.2) is 22.2 Å². The quantitative estimate of drug-likeness (QED) is 0.221. The van der Waals surface area contributed by atoms with Crippen LogP contribution in [0.2, 0.25) is 0 Å². The fourth-order valence-corrected chi connectivity index (χ4v) is 5.57. The van der Waals surface area contributed by atoms with Crippen molar-refractivity contribution in [3.8, 4) is 23.0 Å². The van der Waals surface area contributed by atoms with Crippen molar-refractivity contribution >= 4 is 34.2 Å². The van der Waals surface area contributed by atoms with Gasteiger partial charge in [-0.15, -0.1) is 12.4 Å². The smallest absolute Gasteiger partial charge is 0.387 e. The van der Waals surface area contributed by atoms with E-state index >= 15 is 0 Å². The third-order valence-electron chi connectivity index (χ3n) is 6.88. The van der Waals surface area contributed by atoms with E-state index in [1.54, 1.807) is 0 Å². The van der Waals surface area contributed by atoms with Crippen LogP contribution in [0.15, 0.2) is 40.8 Å². The Morgan fingerprint density at radius 1 is 1.09 bits per heavy atom. The minimum Gasteiger partial charge on any atom is -0.489 e. The molecular weight excluding hydrogens is 648 g/mol. The summed E-state index contributed by atoms with van der Waals surface area (Å²) in [5.74, 6) is -4.84. The first kappa shape index (κ1) is 34.0. The van der Waals surface area contributed by atoms with Crippen molar-refractivity contribution in [1.82, 2.24) is 15.0 Å². The number of aromatic nitrogens is 1. The number of rotatable bonds is 13. The number of carbonyl (C=O) groups excluding carboxylic acids is 2. The van der Waals surface area contributed by atoms with E-state index in [1.165, 1.54) is 25.1 Å². The maximum absolute atomic E-state index is 14.8. The SMILES string of the molecule is C[C@H](N)c1oc(-c2ccc(OC(F)F)c(OCC3CC3)c2)nc1C(=O)NC(C(=O)NS(=O)(=O)C1CC1)c1ccc(F)cc1F.Cl. The first-order chi connectivity index (χ1) is 20.8. The molecule has 45 heavy (non-hydrogen) atoms. The highest BCUT2D eigenvalue weighted by Gasteiger charge is 2.39. The summed E-state index contributed by atoms with van der Waals surface area (Å²) in [5, 5.41) is 1.44. The number of alkyl halides is 2. The van der Waals surface area contributed by atoms with Gasteiger partial charge in [-0.3, -0.25) is 14.3 Å². The van der Waals surface area contributed by atoms with Gasteiger partial charge in [0, 0.05) is 17.2 Å². The summed E-state index contributed by atoms with van der Waals surface area (Å²) < 4.78 is 97.0. The van der Waals surface area contributed by atoms with Crippen LogP contribution in [0, 0.1) is 17.6 Å². The summed E-state index contributed by atoms with van der Waals surface area (Å²) in [6.45, 7) is -1.37. The second-order valence-electron chi connectivity index (χ2n) is 10.6. The molecule has 2 aliphatic rings. The Morgan fingerprint density at radius 2 is 1.80 bits per heavy atom. The van der Waals surface area contributed by atoms with E-state index in [2.05, 4.69) is 15.0 Å². The van der Waals surface area contributed by atoms with Gasteiger partial charge in [-0.1, -0.05) is 6.07 Å². The molecule has 3 aromatic rings. The third-order valence-corrected chi connectivity index (χ3v) is 8.71. The Bertz CT molecular complexity index is 1680. The standard InChI is InChI=1S/C28H28F4N4O7S.ClH/c1-13(33)24-23(35-27(43-24)15-4-9-20(42-28(31)32)21(10-15)41-12-14-2-3-14)25(37)34-22(18-8-5-16(29)11-19(18)30)26(38)36-44(39,40)17-6-7-17;/h4-5,8-11,13-14,17,22,28H,2-3,6-7,12,33H2,1H3,(H,34,37)(H,36,38);1H/t13-,22?;/m0./s1. The van der Waals surface area contributed by atoms with Gasteiger partial charge in [0.15, 0.2) is 23.0 Å². The molecular formula is C28H29ClF4N4O7S. The van der Waals surface area contributed by atoms with Crippen molar-refractivity contribution in [1.29, 1.82) is 0 Å². The van der Waals surface area contributed by atoms with E-state index in [4.69, 9.17) is 14.9 Å². The van der Waals surface area contributed by atoms with Gasteiger partial charge in [-0.2, -0.15) is 8.78 Å². The number of sulfonamides is 1. The van der Waals surface area contributed by atoms with Crippen LogP contribution in [0.4, 0.5) is 17.6 Å². The lowest BCUT2D eigenvalue weighted by atomic mass is 10.0. The fraction of sp³-hybridized carbons (Fsp3) is 0.393. The molecule has 0 radical (unpaired) electrons. The number of nitrogens with zero attached hydrogens (tertiary/aromatic N) is 1. The monoisotopic (exact) mass is 676 g/mol. The van der Waals surface area contributed by atoms with Crippen molar-refractivity contribution in [2.45, 2.75) is 56.6 Å². The zero-order chi connectivity index (χ0) is 31.8. The molecule has 2 amide bonds. The number of halogens is 5. The van der Waals surface area contributed by atoms with Gasteiger partial charge in [0.25, 0.3) is 11.8 Å². The first-order valence-corrected chi connectivity index (χ1v) is 15.2. The lowest BCUT2D eigenvalue weighted by molar-refractivity contribution is -0.121. The Labute approximate surface area is 261 Å². The third kappa shape index (κ3) is 8.23. The number of amides is 2. The lowest BCUT2D eigenvalue weighted by Crippen LogP contribution is -2.44. The fourth-order valence-electron chi connectivity index (χ4n) is 4.25. The molecule has 1 unspecified atom stereocenters. The van der Waals surface area contributed by atoms with Gasteiger partial charge in [0.1, 0.15) is 17.7 Å². The van der Waals surface area contributed by atoms with Crippen LogP contribution in [0.3, 0.4) is 0 Å². The molecule has 5 rings (SSSR count). The number of ether oxygens (including phenoxy) is 2. The largest absolute Gasteiger partial charge is 0.489 e. The van der Waals surface area contributed by atoms with Gasteiger partial charge in [-0.05, 0) is 62.8 Å². The molecule has 2 fully saturated rings. The predicted octanol–water partition coefficient (Wildman–Crippen LogP) is 4.53. The maximum atomic E-state index is 14.8. The number of oxazole rings is 1. The molecule has 2 saturated carbocycles. The Hall–Kier alpha value is -3.89. The Morgan fingerprint density at radius 3 is 2.40 bits per heavy atom. The van der Waals surface area contributed by atoms with Gasteiger partial charge in [0.2, 0.25) is 15.9 Å². The lowest BCUT2D eigenvalue weighted by Gasteiger charge is -2.19. The highest BCUT2D eigenvalue weighted by molar-refractivity contribution is 7.90. The number of hydrogen-bond donors (Lipinski definition) is 3. The van der Waals surface area contributed by atoms with Crippen LogP contribution in [-0.2, 0) is 14.8 Å². The topological polar surface area (TPSA) is 163 Å². The number of hydrogen-bond acceptors (Lipinski definition) is 9. The van der Waals surface area contributed by atoms with Crippen LogP contribution in [0.1, 0.15) is 66.5 Å². The summed E-state index contributed by atoms with van der Waals surface area (Å²) in [4.78, 5) is 30.8. The first-order valence-electron chi connectivity index (χ1n) is 13.6. The number of nitrogens with two attached hydrogens (primary N) is 1. The van der Waals surface area contributed by atoms with Crippen LogP contribution in [0.25, 0.3) is 11.5 Å². The summed E-state index contributed by atoms with van der Waals surface area (Å²) >= 11 is 0. The Balaban J connectivity index is 0.00000461.